The van der Waals surface area contributed by atoms with Gasteiger partial charge in [-0.25, -0.2) is 0 Å². The van der Waals surface area contributed by atoms with Gasteiger partial charge in [0.05, 0.1) is 0 Å². The average molecular weight is 349 g/mol. The van der Waals surface area contributed by atoms with Gasteiger partial charge in [0.25, 0.3) is 0 Å². The van der Waals surface area contributed by atoms with E-state index in [4.69, 9.17) is 0 Å². The van der Waals surface area contributed by atoms with E-state index in [0.717, 1.165) is 12.8 Å². The summed E-state index contributed by atoms with van der Waals surface area (Å²) in [6, 6.07) is 20.3. The summed E-state index contributed by atoms with van der Waals surface area (Å²) < 4.78 is 0. The van der Waals surface area contributed by atoms with Crippen LogP contribution >= 0.6 is 11.3 Å². The zero-order valence-corrected chi connectivity index (χ0v) is 14.6. The summed E-state index contributed by atoms with van der Waals surface area (Å²) in [6.45, 7) is 0. The van der Waals surface area contributed by atoms with E-state index in [1.807, 2.05) is 29.6 Å². The number of rotatable bonds is 7. The van der Waals surface area contributed by atoms with E-state index in [1.165, 1.54) is 4.88 Å². The van der Waals surface area contributed by atoms with Gasteiger partial charge < -0.3 is 5.32 Å². The van der Waals surface area contributed by atoms with E-state index in [1.54, 1.807) is 47.7 Å². The van der Waals surface area contributed by atoms with Crippen molar-refractivity contribution in [1.82, 2.24) is 0 Å². The lowest BCUT2D eigenvalue weighted by Crippen LogP contribution is -2.12. The number of nitrogens with one attached hydrogen (secondary N) is 1. The van der Waals surface area contributed by atoms with Crippen LogP contribution in [-0.2, 0) is 11.2 Å². The second-order valence-electron chi connectivity index (χ2n) is 5.76. The summed E-state index contributed by atoms with van der Waals surface area (Å²) in [7, 11) is 0. The monoisotopic (exact) mass is 349 g/mol. The summed E-state index contributed by atoms with van der Waals surface area (Å²) in [6.07, 6.45) is 2.20. The molecule has 3 nitrogen and oxygen atoms in total. The highest BCUT2D eigenvalue weighted by Crippen LogP contribution is 2.16. The molecule has 0 saturated carbocycles. The second kappa shape index (κ2) is 8.40. The molecule has 1 N–H and O–H groups in total. The van der Waals surface area contributed by atoms with Gasteiger partial charge in [-0.3, -0.25) is 9.59 Å². The van der Waals surface area contributed by atoms with Gasteiger partial charge in [0, 0.05) is 28.1 Å². The van der Waals surface area contributed by atoms with Gasteiger partial charge in [-0.05, 0) is 36.4 Å². The average Bonchev–Trinajstić information content (AvgIpc) is 3.15. The van der Waals surface area contributed by atoms with Crippen LogP contribution in [0.1, 0.15) is 33.6 Å². The fourth-order valence-electron chi connectivity index (χ4n) is 2.60. The molecular formula is C21H19NO2S. The number of anilines is 1. The number of benzene rings is 2. The Hall–Kier alpha value is -2.72. The largest absolute Gasteiger partial charge is 0.326 e. The third kappa shape index (κ3) is 4.88. The minimum absolute atomic E-state index is 0.0270. The number of thiophene rings is 1. The van der Waals surface area contributed by atoms with Crippen molar-refractivity contribution in [2.75, 3.05) is 5.32 Å². The van der Waals surface area contributed by atoms with Crippen LogP contribution in [0.4, 0.5) is 5.69 Å². The van der Waals surface area contributed by atoms with E-state index in [0.29, 0.717) is 23.2 Å². The first kappa shape index (κ1) is 17.1. The van der Waals surface area contributed by atoms with Gasteiger partial charge in [0.1, 0.15) is 0 Å². The van der Waals surface area contributed by atoms with Gasteiger partial charge in [-0.15, -0.1) is 11.3 Å². The predicted octanol–water partition coefficient (Wildman–Crippen LogP) is 4.94. The number of carbonyl (C=O) groups is 2. The van der Waals surface area contributed by atoms with Crippen molar-refractivity contribution in [2.45, 2.75) is 19.3 Å². The Balaban J connectivity index is 1.57. The fraction of sp³-hybridized carbons (Fsp3) is 0.143. The standard InChI is InChI=1S/C21H19NO2S/c23-20(13-5-11-19-12-6-14-25-19)22-18-10-4-9-17(15-18)21(24)16-7-2-1-3-8-16/h1-4,6-10,12,14-15H,5,11,13H2,(H,22,23). The maximum absolute atomic E-state index is 12.5. The predicted molar refractivity (Wildman–Crippen MR) is 102 cm³/mol. The van der Waals surface area contributed by atoms with E-state index >= 15 is 0 Å². The molecule has 0 atom stereocenters. The molecule has 3 rings (SSSR count). The zero-order chi connectivity index (χ0) is 17.5. The van der Waals surface area contributed by atoms with Crippen LogP contribution in [0.3, 0.4) is 0 Å². The third-order valence-corrected chi connectivity index (χ3v) is 4.79. The molecule has 4 heteroatoms. The van der Waals surface area contributed by atoms with Crippen LogP contribution in [0.2, 0.25) is 0 Å². The molecule has 0 saturated heterocycles. The number of aryl methyl sites for hydroxylation is 1. The van der Waals surface area contributed by atoms with E-state index in [2.05, 4.69) is 11.4 Å². The zero-order valence-electron chi connectivity index (χ0n) is 13.8. The molecule has 126 valence electrons. The maximum atomic E-state index is 12.5. The van der Waals surface area contributed by atoms with Gasteiger partial charge in [-0.1, -0.05) is 48.5 Å². The summed E-state index contributed by atoms with van der Waals surface area (Å²) in [5.74, 6) is -0.0738. The van der Waals surface area contributed by atoms with Crippen molar-refractivity contribution < 1.29 is 9.59 Å². The highest BCUT2D eigenvalue weighted by atomic mass is 32.1. The van der Waals surface area contributed by atoms with E-state index in [-0.39, 0.29) is 11.7 Å². The summed E-state index contributed by atoms with van der Waals surface area (Å²) in [5, 5.41) is 4.93. The molecule has 0 bridgehead atoms. The molecule has 0 fully saturated rings. The van der Waals surface area contributed by atoms with Crippen LogP contribution < -0.4 is 5.32 Å². The molecule has 3 aromatic rings. The minimum Gasteiger partial charge on any atom is -0.326 e. The summed E-state index contributed by atoms with van der Waals surface area (Å²) in [5.41, 5.74) is 1.87. The Labute approximate surface area is 151 Å². The molecule has 0 spiro atoms. The first-order valence-corrected chi connectivity index (χ1v) is 9.12. The molecule has 1 aromatic heterocycles. The van der Waals surface area contributed by atoms with Crippen molar-refractivity contribution in [3.05, 3.63) is 88.1 Å². The molecule has 0 radical (unpaired) electrons. The Bertz CT molecular complexity index is 841. The Morgan fingerprint density at radius 1 is 0.880 bits per heavy atom. The Morgan fingerprint density at radius 2 is 1.68 bits per heavy atom. The maximum Gasteiger partial charge on any atom is 0.224 e. The number of ketones is 1. The highest BCUT2D eigenvalue weighted by Gasteiger charge is 2.10. The fourth-order valence-corrected chi connectivity index (χ4v) is 3.35. The lowest BCUT2D eigenvalue weighted by molar-refractivity contribution is -0.116. The summed E-state index contributed by atoms with van der Waals surface area (Å²) in [4.78, 5) is 25.9. The number of hydrogen-bond donors (Lipinski definition) is 1. The topological polar surface area (TPSA) is 46.2 Å². The third-order valence-electron chi connectivity index (χ3n) is 3.85. The van der Waals surface area contributed by atoms with Gasteiger partial charge in [0.15, 0.2) is 5.78 Å². The molecule has 2 aromatic carbocycles. The number of amides is 1. The van der Waals surface area contributed by atoms with Crippen LogP contribution in [0.15, 0.2) is 72.1 Å². The van der Waals surface area contributed by atoms with Crippen molar-refractivity contribution >= 4 is 28.7 Å². The molecular weight excluding hydrogens is 330 g/mol. The highest BCUT2D eigenvalue weighted by molar-refractivity contribution is 7.09. The lowest BCUT2D eigenvalue weighted by Gasteiger charge is -2.07. The molecule has 1 heterocycles. The summed E-state index contributed by atoms with van der Waals surface area (Å²) >= 11 is 1.71. The van der Waals surface area contributed by atoms with Crippen molar-refractivity contribution in [3.63, 3.8) is 0 Å². The van der Waals surface area contributed by atoms with Crippen molar-refractivity contribution in [1.29, 1.82) is 0 Å². The normalized spacial score (nSPS) is 10.4. The van der Waals surface area contributed by atoms with Crippen LogP contribution in [0.25, 0.3) is 0 Å². The Kier molecular flexibility index (Phi) is 5.75. The van der Waals surface area contributed by atoms with Crippen LogP contribution in [-0.4, -0.2) is 11.7 Å². The molecule has 0 aliphatic heterocycles. The van der Waals surface area contributed by atoms with Crippen molar-refractivity contribution in [3.8, 4) is 0 Å². The SMILES string of the molecule is O=C(CCCc1cccs1)Nc1cccc(C(=O)c2ccccc2)c1. The Morgan fingerprint density at radius 3 is 2.44 bits per heavy atom. The first-order chi connectivity index (χ1) is 12.2. The van der Waals surface area contributed by atoms with Crippen LogP contribution in [0.5, 0.6) is 0 Å². The van der Waals surface area contributed by atoms with E-state index in [9.17, 15) is 9.59 Å². The van der Waals surface area contributed by atoms with Gasteiger partial charge >= 0.3 is 0 Å². The lowest BCUT2D eigenvalue weighted by atomic mass is 10.0. The quantitative estimate of drug-likeness (QED) is 0.614. The molecule has 0 aliphatic rings. The molecule has 25 heavy (non-hydrogen) atoms. The number of hydrogen-bond acceptors (Lipinski definition) is 3. The minimum atomic E-state index is -0.0469. The number of carbonyl (C=O) groups excluding carboxylic acids is 2. The molecule has 0 aliphatic carbocycles. The van der Waals surface area contributed by atoms with Crippen molar-refractivity contribution in [2.24, 2.45) is 0 Å². The van der Waals surface area contributed by atoms with Crippen LogP contribution in [0, 0.1) is 0 Å². The van der Waals surface area contributed by atoms with Gasteiger partial charge in [-0.2, -0.15) is 0 Å². The molecule has 1 amide bonds. The van der Waals surface area contributed by atoms with E-state index < -0.39 is 0 Å². The second-order valence-corrected chi connectivity index (χ2v) is 6.79. The van der Waals surface area contributed by atoms with Gasteiger partial charge in [0.2, 0.25) is 5.91 Å². The smallest absolute Gasteiger partial charge is 0.224 e. The molecule has 0 unspecified atom stereocenters. The first-order valence-electron chi connectivity index (χ1n) is 8.24.